The maximum Gasteiger partial charge on any atom is 0.262 e. The Hall–Kier alpha value is -4.53. The zero-order valence-electron chi connectivity index (χ0n) is 35.2. The standard InChI is InChI=1S/C47H63N5O8/c1-57-45(37-11-4-2-5-12-37)46(56)51-27-30-60-47(34-51)20-24-50(25-21-47)32-36-10-8-9-35(31-36)18-28-58-29-19-42(55)52(39-13-6-3-7-14-39)26-23-48-22-17-38-15-16-40(53)43-44(38)59-33-41(54)49-43/h2,4-5,8-12,15-16,31,39,45,48,53H,3,6-7,13-14,17-30,32-34H2,1H3,(H,49,54). The van der Waals surface area contributed by atoms with Gasteiger partial charge >= 0.3 is 0 Å². The Labute approximate surface area is 354 Å². The van der Waals surface area contributed by atoms with Crippen LogP contribution in [-0.2, 0) is 48.0 Å². The fraction of sp³-hybridized carbons (Fsp3) is 0.553. The molecule has 1 spiro atoms. The number of ether oxygens (including phenoxy) is 4. The van der Waals surface area contributed by atoms with E-state index < -0.39 is 6.10 Å². The summed E-state index contributed by atoms with van der Waals surface area (Å²) >= 11 is 0. The molecule has 60 heavy (non-hydrogen) atoms. The van der Waals surface area contributed by atoms with Gasteiger partial charge in [-0.3, -0.25) is 19.3 Å². The summed E-state index contributed by atoms with van der Waals surface area (Å²) in [6.45, 7) is 7.26. The van der Waals surface area contributed by atoms with Crippen LogP contribution in [0.4, 0.5) is 5.69 Å². The number of hydrogen-bond acceptors (Lipinski definition) is 10. The molecule has 2 saturated heterocycles. The van der Waals surface area contributed by atoms with Crippen LogP contribution in [-0.4, -0.2) is 129 Å². The van der Waals surface area contributed by atoms with E-state index in [1.807, 2.05) is 41.3 Å². The molecule has 7 rings (SSSR count). The first-order valence-electron chi connectivity index (χ1n) is 22.0. The van der Waals surface area contributed by atoms with Gasteiger partial charge in [0.05, 0.1) is 31.8 Å². The van der Waals surface area contributed by atoms with Crippen LogP contribution in [0.15, 0.2) is 66.7 Å². The summed E-state index contributed by atoms with van der Waals surface area (Å²) in [5.41, 5.74) is 4.29. The molecule has 4 aliphatic rings. The Kier molecular flexibility index (Phi) is 15.5. The number of phenolic OH excluding ortho intramolecular Hbond substituents is 1. The third kappa shape index (κ3) is 11.4. The smallest absolute Gasteiger partial charge is 0.262 e. The van der Waals surface area contributed by atoms with E-state index in [4.69, 9.17) is 18.9 Å². The number of carbonyl (C=O) groups excluding carboxylic acids is 3. The van der Waals surface area contributed by atoms with Crippen LogP contribution in [0, 0.1) is 0 Å². The number of nitrogens with one attached hydrogen (secondary N) is 2. The second-order valence-electron chi connectivity index (χ2n) is 16.7. The van der Waals surface area contributed by atoms with Gasteiger partial charge in [-0.1, -0.05) is 79.9 Å². The average molecular weight is 826 g/mol. The summed E-state index contributed by atoms with van der Waals surface area (Å²) < 4.78 is 23.7. The van der Waals surface area contributed by atoms with E-state index in [-0.39, 0.29) is 41.7 Å². The first-order chi connectivity index (χ1) is 29.3. The number of carbonyl (C=O) groups is 3. The number of methoxy groups -OCH3 is 1. The lowest BCUT2D eigenvalue weighted by atomic mass is 9.88. The highest BCUT2D eigenvalue weighted by Gasteiger charge is 2.42. The maximum atomic E-state index is 13.6. The number of aromatic hydroxyl groups is 1. The van der Waals surface area contributed by atoms with Crippen molar-refractivity contribution in [3.63, 3.8) is 0 Å². The number of likely N-dealkylation sites (tertiary alicyclic amines) is 1. The molecule has 324 valence electrons. The van der Waals surface area contributed by atoms with E-state index in [1.54, 1.807) is 13.2 Å². The van der Waals surface area contributed by atoms with Gasteiger partial charge in [0.2, 0.25) is 5.91 Å². The molecule has 3 N–H and O–H groups in total. The van der Waals surface area contributed by atoms with E-state index in [0.717, 1.165) is 75.7 Å². The lowest BCUT2D eigenvalue weighted by molar-refractivity contribution is -0.167. The van der Waals surface area contributed by atoms with E-state index >= 15 is 0 Å². The molecule has 3 aliphatic heterocycles. The second kappa shape index (κ2) is 21.3. The van der Waals surface area contributed by atoms with Gasteiger partial charge in [-0.2, -0.15) is 0 Å². The van der Waals surface area contributed by atoms with Gasteiger partial charge in [0.1, 0.15) is 11.4 Å². The molecule has 3 fully saturated rings. The van der Waals surface area contributed by atoms with Crippen molar-refractivity contribution in [2.24, 2.45) is 0 Å². The largest absolute Gasteiger partial charge is 0.506 e. The van der Waals surface area contributed by atoms with Gasteiger partial charge in [0.25, 0.3) is 11.8 Å². The maximum absolute atomic E-state index is 13.6. The molecule has 3 amide bonds. The molecule has 13 nitrogen and oxygen atoms in total. The van der Waals surface area contributed by atoms with Crippen molar-refractivity contribution in [3.8, 4) is 11.5 Å². The normalized spacial score (nSPS) is 18.7. The number of morpholine rings is 1. The van der Waals surface area contributed by atoms with Crippen molar-refractivity contribution in [1.82, 2.24) is 20.0 Å². The highest BCUT2D eigenvalue weighted by atomic mass is 16.5. The highest BCUT2D eigenvalue weighted by Crippen LogP contribution is 2.39. The third-order valence-corrected chi connectivity index (χ3v) is 12.5. The summed E-state index contributed by atoms with van der Waals surface area (Å²) in [5, 5.41) is 16.3. The number of amides is 3. The molecule has 13 heteroatoms. The van der Waals surface area contributed by atoms with E-state index in [2.05, 4.69) is 44.7 Å². The lowest BCUT2D eigenvalue weighted by Gasteiger charge is -2.47. The van der Waals surface area contributed by atoms with Crippen LogP contribution < -0.4 is 15.4 Å². The number of anilines is 1. The molecule has 3 heterocycles. The fourth-order valence-electron chi connectivity index (χ4n) is 9.23. The molecule has 0 bridgehead atoms. The predicted octanol–water partition coefficient (Wildman–Crippen LogP) is 5.25. The van der Waals surface area contributed by atoms with Crippen molar-refractivity contribution in [1.29, 1.82) is 0 Å². The van der Waals surface area contributed by atoms with E-state index in [9.17, 15) is 19.5 Å². The molecular formula is C47H63N5O8. The Balaban J connectivity index is 0.813. The van der Waals surface area contributed by atoms with Crippen molar-refractivity contribution in [3.05, 3.63) is 89.0 Å². The third-order valence-electron chi connectivity index (χ3n) is 12.5. The summed E-state index contributed by atoms with van der Waals surface area (Å²) in [6, 6.07) is 22.1. The number of piperidine rings is 1. The summed E-state index contributed by atoms with van der Waals surface area (Å²) in [4.78, 5) is 45.3. The first-order valence-corrected chi connectivity index (χ1v) is 22.0. The molecule has 0 aromatic heterocycles. The molecule has 3 aromatic carbocycles. The molecular weight excluding hydrogens is 763 g/mol. The fourth-order valence-corrected chi connectivity index (χ4v) is 9.23. The van der Waals surface area contributed by atoms with Gasteiger partial charge in [-0.25, -0.2) is 0 Å². The average Bonchev–Trinajstić information content (AvgIpc) is 3.27. The molecule has 1 atom stereocenters. The highest BCUT2D eigenvalue weighted by molar-refractivity contribution is 5.97. The minimum absolute atomic E-state index is 0.000699. The summed E-state index contributed by atoms with van der Waals surface area (Å²) in [7, 11) is 1.60. The second-order valence-corrected chi connectivity index (χ2v) is 16.7. The van der Waals surface area contributed by atoms with E-state index in [0.29, 0.717) is 76.8 Å². The van der Waals surface area contributed by atoms with Gasteiger partial charge in [-0.05, 0) is 73.4 Å². The molecule has 3 aromatic rings. The first kappa shape index (κ1) is 43.6. The number of nitrogens with zero attached hydrogens (tertiary/aromatic N) is 3. The van der Waals surface area contributed by atoms with Crippen LogP contribution in [0.3, 0.4) is 0 Å². The zero-order valence-corrected chi connectivity index (χ0v) is 35.2. The van der Waals surface area contributed by atoms with Gasteiger partial charge in [0.15, 0.2) is 18.5 Å². The Bertz CT molecular complexity index is 1880. The summed E-state index contributed by atoms with van der Waals surface area (Å²) in [5.74, 6) is 0.385. The van der Waals surface area contributed by atoms with Crippen molar-refractivity contribution < 1.29 is 38.4 Å². The zero-order chi connectivity index (χ0) is 41.7. The minimum Gasteiger partial charge on any atom is -0.506 e. The molecule has 1 unspecified atom stereocenters. The number of benzene rings is 3. The van der Waals surface area contributed by atoms with Crippen molar-refractivity contribution in [2.45, 2.75) is 88.5 Å². The van der Waals surface area contributed by atoms with Crippen LogP contribution in [0.1, 0.15) is 79.7 Å². The van der Waals surface area contributed by atoms with Crippen molar-refractivity contribution in [2.75, 3.05) is 84.7 Å². The monoisotopic (exact) mass is 825 g/mol. The van der Waals surface area contributed by atoms with Gasteiger partial charge in [-0.15, -0.1) is 0 Å². The van der Waals surface area contributed by atoms with Crippen LogP contribution >= 0.6 is 0 Å². The van der Waals surface area contributed by atoms with Crippen LogP contribution in [0.5, 0.6) is 11.5 Å². The van der Waals surface area contributed by atoms with Gasteiger partial charge < -0.3 is 44.5 Å². The SMILES string of the molecule is COC(C(=O)N1CCOC2(CCN(Cc3cccc(CCOCCC(=O)N(CCNCCc4ccc(O)c5c4OCC(=O)N5)C4CCCCC4)c3)CC2)C1)c1ccccc1. The van der Waals surface area contributed by atoms with Crippen LogP contribution in [0.2, 0.25) is 0 Å². The van der Waals surface area contributed by atoms with Gasteiger partial charge in [0, 0.05) is 59.0 Å². The quantitative estimate of drug-likeness (QED) is 0.115. The molecule has 1 aliphatic carbocycles. The van der Waals surface area contributed by atoms with Crippen LogP contribution in [0.25, 0.3) is 0 Å². The Morgan fingerprint density at radius 1 is 0.967 bits per heavy atom. The topological polar surface area (TPSA) is 142 Å². The van der Waals surface area contributed by atoms with E-state index in [1.165, 1.54) is 17.5 Å². The van der Waals surface area contributed by atoms with Crippen molar-refractivity contribution >= 4 is 23.4 Å². The minimum atomic E-state index is -0.607. The Morgan fingerprint density at radius 3 is 2.57 bits per heavy atom. The number of hydrogen-bond donors (Lipinski definition) is 3. The molecule has 1 saturated carbocycles. The predicted molar refractivity (Wildman–Crippen MR) is 229 cm³/mol. The number of rotatable bonds is 18. The number of phenols is 1. The summed E-state index contributed by atoms with van der Waals surface area (Å²) in [6.07, 6.45) is 8.58. The lowest BCUT2D eigenvalue weighted by Crippen LogP contribution is -2.58. The Morgan fingerprint density at radius 2 is 1.77 bits per heavy atom. The molecule has 0 radical (unpaired) electrons. The number of fused-ring (bicyclic) bond motifs is 1.